The molecule has 19 heavy (non-hydrogen) atoms. The first-order chi connectivity index (χ1) is 8.71. The van der Waals surface area contributed by atoms with Gasteiger partial charge in [0.05, 0.1) is 16.3 Å². The van der Waals surface area contributed by atoms with Gasteiger partial charge in [0.15, 0.2) is 0 Å². The minimum atomic E-state index is -4.74. The van der Waals surface area contributed by atoms with Gasteiger partial charge in [-0.3, -0.25) is 14.9 Å². The summed E-state index contributed by atoms with van der Waals surface area (Å²) in [6.45, 7) is 0. The molecule has 2 rings (SSSR count). The molecular weight excluding hydrogens is 289 g/mol. The zero-order valence-corrected chi connectivity index (χ0v) is 9.67. The molecule has 1 heterocycles. The topological polar surface area (TPSA) is 66.5 Å². The van der Waals surface area contributed by atoms with Gasteiger partial charge in [0.1, 0.15) is 0 Å². The van der Waals surface area contributed by atoms with E-state index in [1.54, 1.807) is 5.32 Å². The van der Waals surface area contributed by atoms with Crippen LogP contribution in [0.15, 0.2) is 18.2 Å². The van der Waals surface area contributed by atoms with E-state index in [1.807, 2.05) is 0 Å². The van der Waals surface area contributed by atoms with E-state index in [0.717, 1.165) is 12.1 Å². The van der Waals surface area contributed by atoms with Crippen molar-refractivity contribution in [3.05, 3.63) is 28.8 Å². The summed E-state index contributed by atoms with van der Waals surface area (Å²) < 4.78 is 37.9. The van der Waals surface area contributed by atoms with Crippen molar-refractivity contribution in [2.45, 2.75) is 6.18 Å². The Morgan fingerprint density at radius 2 is 1.79 bits per heavy atom. The first kappa shape index (κ1) is 13.3. The molecule has 5 nitrogen and oxygen atoms in total. The van der Waals surface area contributed by atoms with E-state index in [0.29, 0.717) is 11.0 Å². The molecule has 1 aromatic rings. The number of amides is 4. The van der Waals surface area contributed by atoms with Crippen molar-refractivity contribution in [2.24, 2.45) is 0 Å². The summed E-state index contributed by atoms with van der Waals surface area (Å²) in [6, 6.07) is 1.35. The number of rotatable bonds is 1. The predicted molar refractivity (Wildman–Crippen MR) is 57.5 cm³/mol. The van der Waals surface area contributed by atoms with Crippen molar-refractivity contribution in [1.82, 2.24) is 5.32 Å². The average molecular weight is 293 g/mol. The van der Waals surface area contributed by atoms with E-state index >= 15 is 0 Å². The molecule has 0 spiro atoms. The van der Waals surface area contributed by atoms with Gasteiger partial charge < -0.3 is 0 Å². The summed E-state index contributed by atoms with van der Waals surface area (Å²) in [6.07, 6.45) is -4.74. The highest BCUT2D eigenvalue weighted by Gasteiger charge is 2.40. The molecular formula is C10H4ClF3N2O3. The van der Waals surface area contributed by atoms with Crippen molar-refractivity contribution >= 4 is 35.1 Å². The highest BCUT2D eigenvalue weighted by molar-refractivity contribution is 6.53. The molecule has 0 radical (unpaired) electrons. The van der Waals surface area contributed by atoms with Crippen LogP contribution in [0.4, 0.5) is 23.7 Å². The third-order valence-corrected chi connectivity index (χ3v) is 2.66. The number of benzene rings is 1. The summed E-state index contributed by atoms with van der Waals surface area (Å²) in [5.74, 6) is -2.45. The number of imide groups is 2. The Bertz CT molecular complexity index is 600. The Labute approximate surface area is 108 Å². The maximum Gasteiger partial charge on any atom is 0.417 e. The molecule has 0 bridgehead atoms. The molecule has 0 aromatic heterocycles. The van der Waals surface area contributed by atoms with Crippen LogP contribution in [0.3, 0.4) is 0 Å². The number of nitrogens with one attached hydrogen (secondary N) is 1. The highest BCUT2D eigenvalue weighted by Crippen LogP contribution is 2.37. The summed E-state index contributed by atoms with van der Waals surface area (Å²) in [7, 11) is 0. The molecule has 1 aliphatic rings. The number of hydrogen-bond acceptors (Lipinski definition) is 3. The van der Waals surface area contributed by atoms with Crippen molar-refractivity contribution in [3.63, 3.8) is 0 Å². The van der Waals surface area contributed by atoms with Crippen LogP contribution in [0, 0.1) is 0 Å². The van der Waals surface area contributed by atoms with Crippen LogP contribution in [-0.4, -0.2) is 17.8 Å². The van der Waals surface area contributed by atoms with Gasteiger partial charge in [0, 0.05) is 0 Å². The van der Waals surface area contributed by atoms with E-state index in [4.69, 9.17) is 11.6 Å². The van der Waals surface area contributed by atoms with Crippen LogP contribution in [0.1, 0.15) is 5.56 Å². The van der Waals surface area contributed by atoms with Crippen LogP contribution in [-0.2, 0) is 15.8 Å². The summed E-state index contributed by atoms with van der Waals surface area (Å²) in [5, 5.41) is 1.10. The van der Waals surface area contributed by atoms with Crippen molar-refractivity contribution in [3.8, 4) is 0 Å². The zero-order valence-electron chi connectivity index (χ0n) is 8.92. The Morgan fingerprint density at radius 3 is 2.26 bits per heavy atom. The van der Waals surface area contributed by atoms with Gasteiger partial charge in [-0.1, -0.05) is 11.6 Å². The average Bonchev–Trinajstić information content (AvgIpc) is 2.53. The molecule has 0 unspecified atom stereocenters. The van der Waals surface area contributed by atoms with Crippen LogP contribution in [0.5, 0.6) is 0 Å². The lowest BCUT2D eigenvalue weighted by Gasteiger charge is -2.15. The Kier molecular flexibility index (Phi) is 2.97. The molecule has 1 fully saturated rings. The van der Waals surface area contributed by atoms with Gasteiger partial charge in [-0.15, -0.1) is 0 Å². The number of carbonyl (C=O) groups excluding carboxylic acids is 3. The SMILES string of the molecule is O=C1NC(=O)N(c2ccc(Cl)c(C(F)(F)F)c2)C1=O. The summed E-state index contributed by atoms with van der Waals surface area (Å²) >= 11 is 5.40. The molecule has 100 valence electrons. The summed E-state index contributed by atoms with van der Waals surface area (Å²) in [4.78, 5) is 33.9. The van der Waals surface area contributed by atoms with Crippen molar-refractivity contribution < 1.29 is 27.6 Å². The fourth-order valence-corrected chi connectivity index (χ4v) is 1.73. The van der Waals surface area contributed by atoms with E-state index in [1.165, 1.54) is 0 Å². The number of carbonyl (C=O) groups is 3. The van der Waals surface area contributed by atoms with Gasteiger partial charge in [-0.25, -0.2) is 9.69 Å². The number of urea groups is 1. The van der Waals surface area contributed by atoms with E-state index in [9.17, 15) is 27.6 Å². The molecule has 1 N–H and O–H groups in total. The lowest BCUT2D eigenvalue weighted by atomic mass is 10.2. The lowest BCUT2D eigenvalue weighted by Crippen LogP contribution is -2.31. The van der Waals surface area contributed by atoms with E-state index in [-0.39, 0.29) is 5.69 Å². The third kappa shape index (κ3) is 2.26. The van der Waals surface area contributed by atoms with Gasteiger partial charge in [0.25, 0.3) is 0 Å². The Balaban J connectivity index is 2.51. The molecule has 1 aliphatic heterocycles. The molecule has 0 saturated carbocycles. The van der Waals surface area contributed by atoms with Gasteiger partial charge in [-0.2, -0.15) is 13.2 Å². The maximum atomic E-state index is 12.6. The van der Waals surface area contributed by atoms with Crippen molar-refractivity contribution in [2.75, 3.05) is 4.90 Å². The van der Waals surface area contributed by atoms with E-state index in [2.05, 4.69) is 0 Å². The number of anilines is 1. The molecule has 4 amide bonds. The fourth-order valence-electron chi connectivity index (χ4n) is 1.50. The molecule has 0 atom stereocenters. The van der Waals surface area contributed by atoms with Crippen LogP contribution in [0.25, 0.3) is 0 Å². The van der Waals surface area contributed by atoms with E-state index < -0.39 is 34.6 Å². The number of alkyl halides is 3. The van der Waals surface area contributed by atoms with Gasteiger partial charge in [-0.05, 0) is 18.2 Å². The predicted octanol–water partition coefficient (Wildman–Crippen LogP) is 1.94. The molecule has 9 heteroatoms. The number of halogens is 4. The normalized spacial score (nSPS) is 16.0. The minimum Gasteiger partial charge on any atom is -0.269 e. The minimum absolute atomic E-state index is 0.313. The fraction of sp³-hybridized carbons (Fsp3) is 0.100. The maximum absolute atomic E-state index is 12.6. The number of hydrogen-bond donors (Lipinski definition) is 1. The van der Waals surface area contributed by atoms with Gasteiger partial charge >= 0.3 is 24.0 Å². The second-order valence-electron chi connectivity index (χ2n) is 3.56. The second-order valence-corrected chi connectivity index (χ2v) is 3.97. The lowest BCUT2D eigenvalue weighted by molar-refractivity contribution is -0.137. The third-order valence-electron chi connectivity index (χ3n) is 2.33. The zero-order chi connectivity index (χ0) is 14.4. The Hall–Kier alpha value is -2.09. The van der Waals surface area contributed by atoms with Crippen LogP contribution >= 0.6 is 11.6 Å². The van der Waals surface area contributed by atoms with Crippen molar-refractivity contribution in [1.29, 1.82) is 0 Å². The van der Waals surface area contributed by atoms with Crippen LogP contribution in [0.2, 0.25) is 5.02 Å². The highest BCUT2D eigenvalue weighted by atomic mass is 35.5. The van der Waals surface area contributed by atoms with Crippen LogP contribution < -0.4 is 10.2 Å². The smallest absolute Gasteiger partial charge is 0.269 e. The number of nitrogens with zero attached hydrogens (tertiary/aromatic N) is 1. The monoisotopic (exact) mass is 292 g/mol. The molecule has 1 aromatic carbocycles. The summed E-state index contributed by atoms with van der Waals surface area (Å²) in [5.41, 5.74) is -1.59. The first-order valence-electron chi connectivity index (χ1n) is 4.78. The van der Waals surface area contributed by atoms with Gasteiger partial charge in [0.2, 0.25) is 0 Å². The largest absolute Gasteiger partial charge is 0.417 e. The first-order valence-corrected chi connectivity index (χ1v) is 5.16. The molecule has 1 saturated heterocycles. The quantitative estimate of drug-likeness (QED) is 0.635. The second kappa shape index (κ2) is 4.23. The standard InChI is InChI=1S/C10H4ClF3N2O3/c11-6-2-1-4(3-5(6)10(12,13)14)16-8(18)7(17)15-9(16)19/h1-3H,(H,15,17,19). The Morgan fingerprint density at radius 1 is 1.16 bits per heavy atom. The molecule has 0 aliphatic carbocycles.